The maximum absolute atomic E-state index is 11.7. The molecule has 1 aromatic carbocycles. The highest BCUT2D eigenvalue weighted by Gasteiger charge is 2.30. The van der Waals surface area contributed by atoms with Gasteiger partial charge in [0.15, 0.2) is 0 Å². The molecule has 3 heteroatoms. The highest BCUT2D eigenvalue weighted by atomic mass is 16.5. The van der Waals surface area contributed by atoms with E-state index in [0.29, 0.717) is 5.57 Å². The Hall–Kier alpha value is -1.77. The summed E-state index contributed by atoms with van der Waals surface area (Å²) in [6.07, 6.45) is 0. The van der Waals surface area contributed by atoms with Crippen molar-refractivity contribution < 1.29 is 14.3 Å². The summed E-state index contributed by atoms with van der Waals surface area (Å²) in [7, 11) is 1.67. The quantitative estimate of drug-likeness (QED) is 0.584. The molecule has 0 aliphatic rings. The average Bonchev–Trinajstić information content (AvgIpc) is 2.41. The number of esters is 1. The number of hydrogen-bond acceptors (Lipinski definition) is 3. The van der Waals surface area contributed by atoms with E-state index in [1.54, 1.807) is 14.0 Å². The van der Waals surface area contributed by atoms with E-state index in [0.717, 1.165) is 16.9 Å². The Morgan fingerprint density at radius 2 is 1.65 bits per heavy atom. The molecule has 0 spiro atoms. The summed E-state index contributed by atoms with van der Waals surface area (Å²) < 4.78 is 11.0. The molecule has 128 valence electrons. The van der Waals surface area contributed by atoms with Gasteiger partial charge in [0.2, 0.25) is 0 Å². The Morgan fingerprint density at radius 1 is 1.09 bits per heavy atom. The zero-order valence-corrected chi connectivity index (χ0v) is 15.8. The smallest absolute Gasteiger partial charge is 0.333 e. The van der Waals surface area contributed by atoms with E-state index in [9.17, 15) is 4.79 Å². The van der Waals surface area contributed by atoms with Crippen molar-refractivity contribution in [2.75, 3.05) is 7.11 Å². The molecule has 1 aromatic rings. The fraction of sp³-hybridized carbons (Fsp3) is 0.550. The van der Waals surface area contributed by atoms with Crippen LogP contribution < -0.4 is 4.74 Å². The molecule has 3 nitrogen and oxygen atoms in total. The van der Waals surface area contributed by atoms with Crippen LogP contribution >= 0.6 is 0 Å². The van der Waals surface area contributed by atoms with Crippen LogP contribution in [0.15, 0.2) is 24.3 Å². The van der Waals surface area contributed by atoms with Gasteiger partial charge in [0.05, 0.1) is 7.11 Å². The fourth-order valence-corrected chi connectivity index (χ4v) is 2.61. The first-order valence-corrected chi connectivity index (χ1v) is 7.93. The van der Waals surface area contributed by atoms with Crippen molar-refractivity contribution in [3.05, 3.63) is 41.0 Å². The first-order chi connectivity index (χ1) is 10.4. The van der Waals surface area contributed by atoms with E-state index in [-0.39, 0.29) is 23.4 Å². The van der Waals surface area contributed by atoms with Gasteiger partial charge in [0.1, 0.15) is 12.4 Å². The molecule has 0 bridgehead atoms. The van der Waals surface area contributed by atoms with Crippen molar-refractivity contribution in [3.63, 3.8) is 0 Å². The number of carbonyl (C=O) groups is 1. The minimum atomic E-state index is -0.385. The van der Waals surface area contributed by atoms with E-state index in [1.807, 2.05) is 6.07 Å². The summed E-state index contributed by atoms with van der Waals surface area (Å²) in [5, 5.41) is 0. The van der Waals surface area contributed by atoms with Crippen LogP contribution in [0.3, 0.4) is 0 Å². The molecule has 0 saturated carbocycles. The summed E-state index contributed by atoms with van der Waals surface area (Å²) in [4.78, 5) is 11.7. The molecule has 0 saturated heterocycles. The van der Waals surface area contributed by atoms with E-state index < -0.39 is 0 Å². The summed E-state index contributed by atoms with van der Waals surface area (Å²) >= 11 is 0. The standard InChI is InChI=1S/C20H30O3/c1-13(2)18(21)23-12-14-10-11-15(19(3,4)5)16(17(14)22-9)20(6,7)8/h10-11H,1,12H2,2-9H3. The van der Waals surface area contributed by atoms with Gasteiger partial charge < -0.3 is 9.47 Å². The predicted molar refractivity (Wildman–Crippen MR) is 95.0 cm³/mol. The number of benzene rings is 1. The zero-order chi connectivity index (χ0) is 18.0. The summed E-state index contributed by atoms with van der Waals surface area (Å²) in [6, 6.07) is 4.10. The molecule has 0 aromatic heterocycles. The molecule has 0 unspecified atom stereocenters. The highest BCUT2D eigenvalue weighted by molar-refractivity contribution is 5.86. The third kappa shape index (κ3) is 4.60. The van der Waals surface area contributed by atoms with Gasteiger partial charge in [-0.15, -0.1) is 0 Å². The Bertz CT molecular complexity index is 599. The van der Waals surface area contributed by atoms with Crippen molar-refractivity contribution in [2.45, 2.75) is 65.9 Å². The maximum Gasteiger partial charge on any atom is 0.333 e. The Labute approximate surface area is 140 Å². The highest BCUT2D eigenvalue weighted by Crippen LogP contribution is 2.41. The van der Waals surface area contributed by atoms with Crippen molar-refractivity contribution in [3.8, 4) is 5.75 Å². The molecule has 0 heterocycles. The van der Waals surface area contributed by atoms with Crippen molar-refractivity contribution in [1.29, 1.82) is 0 Å². The van der Waals surface area contributed by atoms with Crippen LogP contribution in [0.1, 0.15) is 65.2 Å². The Morgan fingerprint density at radius 3 is 2.04 bits per heavy atom. The molecule has 1 rings (SSSR count). The van der Waals surface area contributed by atoms with Crippen molar-refractivity contribution in [2.24, 2.45) is 0 Å². The second-order valence-electron chi connectivity index (χ2n) is 8.04. The Kier molecular flexibility index (Phi) is 5.68. The van der Waals surface area contributed by atoms with Crippen LogP contribution in [0.25, 0.3) is 0 Å². The van der Waals surface area contributed by atoms with E-state index in [1.165, 1.54) is 5.56 Å². The third-order valence-electron chi connectivity index (χ3n) is 3.71. The molecule has 0 atom stereocenters. The lowest BCUT2D eigenvalue weighted by Gasteiger charge is -2.32. The fourth-order valence-electron chi connectivity index (χ4n) is 2.61. The SMILES string of the molecule is C=C(C)C(=O)OCc1ccc(C(C)(C)C)c(C(C)(C)C)c1OC. The minimum absolute atomic E-state index is 0.00278. The lowest BCUT2D eigenvalue weighted by molar-refractivity contribution is -0.140. The van der Waals surface area contributed by atoms with E-state index in [4.69, 9.17) is 9.47 Å². The largest absolute Gasteiger partial charge is 0.496 e. The zero-order valence-electron chi connectivity index (χ0n) is 15.8. The van der Waals surface area contributed by atoms with Crippen LogP contribution in [0.5, 0.6) is 5.75 Å². The van der Waals surface area contributed by atoms with Crippen LogP contribution in [-0.2, 0) is 27.0 Å². The second kappa shape index (κ2) is 6.77. The lowest BCUT2D eigenvalue weighted by atomic mass is 9.74. The van der Waals surface area contributed by atoms with Gasteiger partial charge in [-0.25, -0.2) is 4.79 Å². The van der Waals surface area contributed by atoms with E-state index in [2.05, 4.69) is 54.2 Å². The number of rotatable bonds is 4. The molecule has 0 radical (unpaired) electrons. The van der Waals surface area contributed by atoms with Crippen LogP contribution in [-0.4, -0.2) is 13.1 Å². The van der Waals surface area contributed by atoms with E-state index >= 15 is 0 Å². The molecule has 23 heavy (non-hydrogen) atoms. The van der Waals surface area contributed by atoms with Gasteiger partial charge in [-0.2, -0.15) is 0 Å². The number of methoxy groups -OCH3 is 1. The molecule has 0 aliphatic carbocycles. The van der Waals surface area contributed by atoms with Crippen molar-refractivity contribution in [1.82, 2.24) is 0 Å². The maximum atomic E-state index is 11.7. The van der Waals surface area contributed by atoms with Gasteiger partial charge in [-0.05, 0) is 23.3 Å². The molecular weight excluding hydrogens is 288 g/mol. The second-order valence-corrected chi connectivity index (χ2v) is 8.04. The van der Waals surface area contributed by atoms with Gasteiger partial charge in [-0.3, -0.25) is 0 Å². The molecule has 0 amide bonds. The lowest BCUT2D eigenvalue weighted by Crippen LogP contribution is -2.23. The Balaban J connectivity index is 3.41. The van der Waals surface area contributed by atoms with Crippen LogP contribution in [0.2, 0.25) is 0 Å². The molecule has 0 fully saturated rings. The normalized spacial score (nSPS) is 12.0. The van der Waals surface area contributed by atoms with Gasteiger partial charge in [-0.1, -0.05) is 60.3 Å². The van der Waals surface area contributed by atoms with Crippen molar-refractivity contribution >= 4 is 5.97 Å². The molecule has 0 aliphatic heterocycles. The first-order valence-electron chi connectivity index (χ1n) is 7.93. The minimum Gasteiger partial charge on any atom is -0.496 e. The number of carbonyl (C=O) groups excluding carboxylic acids is 1. The number of hydrogen-bond donors (Lipinski definition) is 0. The number of ether oxygens (including phenoxy) is 2. The third-order valence-corrected chi connectivity index (χ3v) is 3.71. The van der Waals surface area contributed by atoms with Gasteiger partial charge >= 0.3 is 5.97 Å². The van der Waals surface area contributed by atoms with Crippen LogP contribution in [0, 0.1) is 0 Å². The molecular formula is C20H30O3. The summed E-state index contributed by atoms with van der Waals surface area (Å²) in [5.41, 5.74) is 3.60. The molecule has 0 N–H and O–H groups in total. The van der Waals surface area contributed by atoms with Gasteiger partial charge in [0.25, 0.3) is 0 Å². The predicted octanol–water partition coefficient (Wildman–Crippen LogP) is 4.91. The summed E-state index contributed by atoms with van der Waals surface area (Å²) in [5.74, 6) is 0.420. The van der Waals surface area contributed by atoms with Crippen LogP contribution in [0.4, 0.5) is 0 Å². The first kappa shape index (κ1) is 19.3. The average molecular weight is 318 g/mol. The topological polar surface area (TPSA) is 35.5 Å². The monoisotopic (exact) mass is 318 g/mol. The van der Waals surface area contributed by atoms with Gasteiger partial charge in [0, 0.05) is 16.7 Å². The summed E-state index contributed by atoms with van der Waals surface area (Å²) in [6.45, 7) is 18.5.